The molecule has 31 heavy (non-hydrogen) atoms. The first kappa shape index (κ1) is 21.2. The van der Waals surface area contributed by atoms with Crippen molar-refractivity contribution in [1.29, 1.82) is 0 Å². The summed E-state index contributed by atoms with van der Waals surface area (Å²) < 4.78 is 29.5. The molecule has 0 saturated heterocycles. The van der Waals surface area contributed by atoms with Crippen LogP contribution in [0.1, 0.15) is 34.2 Å². The number of rotatable bonds is 2. The minimum atomic E-state index is -0.815. The molecule has 2 atom stereocenters. The third kappa shape index (κ3) is 3.65. The number of urea groups is 1. The number of fused-ring (bicyclic) bond motifs is 3. The Balaban J connectivity index is 1.63. The number of nitrogens with one attached hydrogen (secondary N) is 1. The monoisotopic (exact) mass is 433 g/mol. The minimum absolute atomic E-state index is 0.0603. The van der Waals surface area contributed by atoms with E-state index in [1.165, 1.54) is 17.9 Å². The molecule has 8 nitrogen and oxygen atoms in total. The third-order valence-electron chi connectivity index (χ3n) is 6.08. The van der Waals surface area contributed by atoms with E-state index in [1.807, 2.05) is 6.92 Å². The van der Waals surface area contributed by atoms with Crippen molar-refractivity contribution in [3.63, 3.8) is 0 Å². The summed E-state index contributed by atoms with van der Waals surface area (Å²) in [4.78, 5) is 29.0. The average Bonchev–Trinajstić information content (AvgIpc) is 3.02. The third-order valence-corrected chi connectivity index (χ3v) is 6.08. The van der Waals surface area contributed by atoms with Gasteiger partial charge in [-0.2, -0.15) is 5.10 Å². The summed E-state index contributed by atoms with van der Waals surface area (Å²) in [5.74, 6) is -1.83. The highest BCUT2D eigenvalue weighted by Crippen LogP contribution is 2.30. The van der Waals surface area contributed by atoms with Crippen molar-refractivity contribution in [2.75, 3.05) is 25.5 Å². The number of aliphatic hydroxyl groups is 1. The van der Waals surface area contributed by atoms with Gasteiger partial charge in [0.05, 0.1) is 17.9 Å². The maximum absolute atomic E-state index is 14.4. The molecule has 3 heterocycles. The lowest BCUT2D eigenvalue weighted by molar-refractivity contribution is 0.0761. The molecule has 0 fully saturated rings. The zero-order valence-electron chi connectivity index (χ0n) is 17.7. The normalized spacial score (nSPS) is 20.9. The zero-order chi connectivity index (χ0) is 22.4. The molecule has 0 saturated carbocycles. The lowest BCUT2D eigenvalue weighted by atomic mass is 9.99. The molecule has 1 aromatic heterocycles. The maximum Gasteiger partial charge on any atom is 0.322 e. The number of aromatic nitrogens is 2. The summed E-state index contributed by atoms with van der Waals surface area (Å²) in [5, 5.41) is 16.7. The Morgan fingerprint density at radius 2 is 2.06 bits per heavy atom. The van der Waals surface area contributed by atoms with Gasteiger partial charge in [-0.25, -0.2) is 13.6 Å². The van der Waals surface area contributed by atoms with Crippen LogP contribution in [-0.2, 0) is 19.5 Å². The molecule has 2 N–H and O–H groups in total. The van der Waals surface area contributed by atoms with Crippen molar-refractivity contribution in [3.8, 4) is 0 Å². The Bertz CT molecular complexity index is 1050. The van der Waals surface area contributed by atoms with Crippen LogP contribution in [0.2, 0.25) is 0 Å². The van der Waals surface area contributed by atoms with Gasteiger partial charge in [-0.1, -0.05) is 0 Å². The molecule has 0 bridgehead atoms. The van der Waals surface area contributed by atoms with Crippen molar-refractivity contribution >= 4 is 17.6 Å². The van der Waals surface area contributed by atoms with Crippen molar-refractivity contribution in [2.24, 2.45) is 5.92 Å². The predicted molar refractivity (Wildman–Crippen MR) is 109 cm³/mol. The van der Waals surface area contributed by atoms with Gasteiger partial charge in [0.2, 0.25) is 0 Å². The number of nitrogens with zero attached hydrogens (tertiary/aromatic N) is 4. The first-order chi connectivity index (χ1) is 14.7. The van der Waals surface area contributed by atoms with Gasteiger partial charge in [-0.15, -0.1) is 0 Å². The Morgan fingerprint density at radius 1 is 1.32 bits per heavy atom. The number of anilines is 1. The van der Waals surface area contributed by atoms with Gasteiger partial charge < -0.3 is 20.2 Å². The van der Waals surface area contributed by atoms with Crippen LogP contribution in [0.25, 0.3) is 0 Å². The average molecular weight is 433 g/mol. The highest BCUT2D eigenvalue weighted by atomic mass is 19.1. The summed E-state index contributed by atoms with van der Waals surface area (Å²) in [7, 11) is 1.68. The van der Waals surface area contributed by atoms with Crippen LogP contribution in [-0.4, -0.2) is 62.9 Å². The molecule has 10 heteroatoms. The second-order valence-corrected chi connectivity index (χ2v) is 8.34. The van der Waals surface area contributed by atoms with E-state index in [-0.39, 0.29) is 42.3 Å². The van der Waals surface area contributed by atoms with Gasteiger partial charge in [0.15, 0.2) is 5.82 Å². The quantitative estimate of drug-likeness (QED) is 0.759. The number of aliphatic hydroxyl groups excluding tert-OH is 1. The first-order valence-electron chi connectivity index (χ1n) is 10.2. The standard InChI is InChI=1S/C21H25F2N5O3/c1-11-6-17-14(19-20(30)26(3)7-13(10-29)8-28(19)25-17)9-27(11)21(31)24-16-5-4-15(22)12(2)18(16)23/h4-5,11,13,29H,6-10H2,1-3H3,(H,24,31)/t11-,13+/m1/s1. The molecule has 4 rings (SSSR count). The second kappa shape index (κ2) is 7.92. The number of carbonyl (C=O) groups excluding carboxylic acids is 2. The number of carbonyl (C=O) groups is 2. The first-order valence-corrected chi connectivity index (χ1v) is 10.2. The van der Waals surface area contributed by atoms with E-state index in [1.54, 1.807) is 16.6 Å². The lowest BCUT2D eigenvalue weighted by Crippen LogP contribution is -2.45. The Labute approximate surface area is 178 Å². The van der Waals surface area contributed by atoms with Gasteiger partial charge in [0.1, 0.15) is 11.5 Å². The number of halogens is 2. The number of hydrogen-bond donors (Lipinski definition) is 2. The summed E-state index contributed by atoms with van der Waals surface area (Å²) in [6, 6.07) is 1.52. The number of hydrogen-bond acceptors (Lipinski definition) is 4. The zero-order valence-corrected chi connectivity index (χ0v) is 17.7. The molecule has 0 unspecified atom stereocenters. The molecule has 3 amide bonds. The molecule has 0 spiro atoms. The summed E-state index contributed by atoms with van der Waals surface area (Å²) >= 11 is 0. The summed E-state index contributed by atoms with van der Waals surface area (Å²) in [5.41, 5.74) is 1.57. The smallest absolute Gasteiger partial charge is 0.322 e. The van der Waals surface area contributed by atoms with Gasteiger partial charge in [-0.05, 0) is 26.0 Å². The van der Waals surface area contributed by atoms with E-state index in [0.29, 0.717) is 30.8 Å². The Morgan fingerprint density at radius 3 is 2.77 bits per heavy atom. The molecular formula is C21H25F2N5O3. The van der Waals surface area contributed by atoms with Crippen LogP contribution in [0.4, 0.5) is 19.3 Å². The SMILES string of the molecule is Cc1c(F)ccc(NC(=O)N2Cc3c(nn4c3C(=O)N(C)C[C@H](CO)C4)C[C@H]2C)c1F. The van der Waals surface area contributed by atoms with Crippen molar-refractivity contribution in [2.45, 2.75) is 39.4 Å². The van der Waals surface area contributed by atoms with Crippen LogP contribution in [0.3, 0.4) is 0 Å². The fraction of sp³-hybridized carbons (Fsp3) is 0.476. The maximum atomic E-state index is 14.4. The molecule has 2 aliphatic rings. The van der Waals surface area contributed by atoms with E-state index in [9.17, 15) is 23.5 Å². The lowest BCUT2D eigenvalue weighted by Gasteiger charge is -2.33. The van der Waals surface area contributed by atoms with Crippen LogP contribution in [0.15, 0.2) is 12.1 Å². The van der Waals surface area contributed by atoms with Gasteiger partial charge in [0, 0.05) is 56.3 Å². The molecular weight excluding hydrogens is 408 g/mol. The summed E-state index contributed by atoms with van der Waals surface area (Å²) in [6.07, 6.45) is 0.439. The number of benzene rings is 1. The molecule has 0 radical (unpaired) electrons. The highest BCUT2D eigenvalue weighted by Gasteiger charge is 2.37. The van der Waals surface area contributed by atoms with E-state index in [0.717, 1.165) is 11.8 Å². The van der Waals surface area contributed by atoms with Crippen LogP contribution in [0, 0.1) is 24.5 Å². The molecule has 1 aromatic carbocycles. The van der Waals surface area contributed by atoms with Gasteiger partial charge in [0.25, 0.3) is 5.91 Å². The van der Waals surface area contributed by atoms with Crippen LogP contribution >= 0.6 is 0 Å². The van der Waals surface area contributed by atoms with E-state index < -0.39 is 17.7 Å². The fourth-order valence-electron chi connectivity index (χ4n) is 4.25. The molecule has 0 aliphatic carbocycles. The number of amides is 3. The topological polar surface area (TPSA) is 90.7 Å². The molecule has 166 valence electrons. The Kier molecular flexibility index (Phi) is 5.42. The molecule has 2 aromatic rings. The van der Waals surface area contributed by atoms with Crippen molar-refractivity contribution in [3.05, 3.63) is 46.3 Å². The van der Waals surface area contributed by atoms with E-state index >= 15 is 0 Å². The summed E-state index contributed by atoms with van der Waals surface area (Å²) in [6.45, 7) is 4.06. The van der Waals surface area contributed by atoms with Crippen LogP contribution in [0.5, 0.6) is 0 Å². The van der Waals surface area contributed by atoms with Crippen molar-refractivity contribution in [1.82, 2.24) is 19.6 Å². The van der Waals surface area contributed by atoms with Gasteiger partial charge in [-0.3, -0.25) is 9.48 Å². The van der Waals surface area contributed by atoms with Gasteiger partial charge >= 0.3 is 6.03 Å². The van der Waals surface area contributed by atoms with E-state index in [4.69, 9.17) is 0 Å². The highest BCUT2D eigenvalue weighted by molar-refractivity contribution is 5.95. The van der Waals surface area contributed by atoms with Crippen molar-refractivity contribution < 1.29 is 23.5 Å². The Hall–Kier alpha value is -3.01. The molecule has 2 aliphatic heterocycles. The van der Waals surface area contributed by atoms with E-state index in [2.05, 4.69) is 10.4 Å². The predicted octanol–water partition coefficient (Wildman–Crippen LogP) is 2.14. The second-order valence-electron chi connectivity index (χ2n) is 8.34. The van der Waals surface area contributed by atoms with Crippen LogP contribution < -0.4 is 5.32 Å². The fourth-order valence-corrected chi connectivity index (χ4v) is 4.25. The minimum Gasteiger partial charge on any atom is -0.396 e. The largest absolute Gasteiger partial charge is 0.396 e.